The zero-order valence-corrected chi connectivity index (χ0v) is 8.76. The average molecular weight is 269 g/mol. The summed E-state index contributed by atoms with van der Waals surface area (Å²) in [5.41, 5.74) is 11.2. The summed E-state index contributed by atoms with van der Waals surface area (Å²) in [6.07, 6.45) is 0.920. The van der Waals surface area contributed by atoms with E-state index in [1.54, 1.807) is 0 Å². The summed E-state index contributed by atoms with van der Waals surface area (Å²) >= 11 is 0. The standard InChI is InChI=1S/C4H3N11O4/c5-2-7-3(10-14(16)17)9-13(2)4-8-6-1-12(4)11-15(18)19/h1H,(H2-,5,7,9,10)/q-2. The van der Waals surface area contributed by atoms with Crippen LogP contribution in [-0.4, -0.2) is 39.7 Å². The third-order valence-electron chi connectivity index (χ3n) is 1.66. The monoisotopic (exact) mass is 269 g/mol. The van der Waals surface area contributed by atoms with Gasteiger partial charge in [0.05, 0.1) is 0 Å². The maximum Gasteiger partial charge on any atom is 0.322 e. The summed E-state index contributed by atoms with van der Waals surface area (Å²) < 4.78 is 1.42. The van der Waals surface area contributed by atoms with Crippen molar-refractivity contribution in [2.75, 3.05) is 5.73 Å². The highest BCUT2D eigenvalue weighted by molar-refractivity contribution is 5.37. The molecule has 0 saturated heterocycles. The van der Waals surface area contributed by atoms with Crippen LogP contribution < -0.4 is 5.73 Å². The Bertz CT molecular complexity index is 628. The van der Waals surface area contributed by atoms with Gasteiger partial charge in [-0.25, -0.2) is 19.5 Å². The molecule has 2 aromatic rings. The number of rotatable bonds is 5. The van der Waals surface area contributed by atoms with Crippen molar-refractivity contribution in [1.82, 2.24) is 29.6 Å². The zero-order valence-electron chi connectivity index (χ0n) is 8.76. The lowest BCUT2D eigenvalue weighted by molar-refractivity contribution is -0.432. The predicted octanol–water partition coefficient (Wildman–Crippen LogP) is -1.03. The van der Waals surface area contributed by atoms with E-state index in [-0.39, 0.29) is 11.9 Å². The largest absolute Gasteiger partial charge is 0.382 e. The fraction of sp³-hybridized carbons (Fsp3) is 0. The molecule has 15 heteroatoms. The third-order valence-corrected chi connectivity index (χ3v) is 1.66. The fourth-order valence-corrected chi connectivity index (χ4v) is 1.08. The van der Waals surface area contributed by atoms with Crippen LogP contribution in [0.25, 0.3) is 16.9 Å². The summed E-state index contributed by atoms with van der Waals surface area (Å²) in [4.78, 5) is 23.9. The van der Waals surface area contributed by atoms with Crippen LogP contribution in [0, 0.1) is 20.2 Å². The van der Waals surface area contributed by atoms with E-state index in [1.807, 2.05) is 0 Å². The Morgan fingerprint density at radius 3 is 2.68 bits per heavy atom. The lowest BCUT2D eigenvalue weighted by Crippen LogP contribution is -2.10. The lowest BCUT2D eigenvalue weighted by Gasteiger charge is -2.13. The van der Waals surface area contributed by atoms with Gasteiger partial charge < -0.3 is 20.8 Å². The Morgan fingerprint density at radius 2 is 2.05 bits per heavy atom. The van der Waals surface area contributed by atoms with Crippen molar-refractivity contribution in [3.8, 4) is 5.95 Å². The Hall–Kier alpha value is -3.52. The second-order valence-electron chi connectivity index (χ2n) is 2.82. The van der Waals surface area contributed by atoms with Gasteiger partial charge in [0.15, 0.2) is 6.33 Å². The lowest BCUT2D eigenvalue weighted by atomic mass is 10.9. The molecule has 0 fully saturated rings. The highest BCUT2D eigenvalue weighted by Gasteiger charge is 2.11. The zero-order chi connectivity index (χ0) is 14.0. The molecule has 0 saturated carbocycles. The highest BCUT2D eigenvalue weighted by Crippen LogP contribution is 2.17. The number of nitrogens with two attached hydrogens (primary N) is 1. The second-order valence-corrected chi connectivity index (χ2v) is 2.82. The maximum atomic E-state index is 10.3. The molecule has 0 atom stereocenters. The Balaban J connectivity index is 2.36. The molecule has 0 radical (unpaired) electrons. The minimum absolute atomic E-state index is 0.272. The number of anilines is 1. The van der Waals surface area contributed by atoms with E-state index in [0.717, 1.165) is 11.0 Å². The van der Waals surface area contributed by atoms with Crippen LogP contribution in [0.5, 0.6) is 0 Å². The molecule has 2 heterocycles. The van der Waals surface area contributed by atoms with Gasteiger partial charge in [0, 0.05) is 0 Å². The predicted molar refractivity (Wildman–Crippen MR) is 55.1 cm³/mol. The van der Waals surface area contributed by atoms with E-state index in [1.165, 1.54) is 0 Å². The smallest absolute Gasteiger partial charge is 0.322 e. The minimum atomic E-state index is -1.02. The van der Waals surface area contributed by atoms with Crippen molar-refractivity contribution in [2.45, 2.75) is 0 Å². The fourth-order valence-electron chi connectivity index (χ4n) is 1.08. The van der Waals surface area contributed by atoms with E-state index >= 15 is 0 Å². The molecule has 100 valence electrons. The van der Waals surface area contributed by atoms with E-state index in [0.29, 0.717) is 4.68 Å². The first kappa shape index (κ1) is 12.0. The molecule has 2 aromatic heterocycles. The molecule has 0 aliphatic heterocycles. The number of hydrogen-bond acceptors (Lipinski definition) is 9. The van der Waals surface area contributed by atoms with Gasteiger partial charge in [-0.1, -0.05) is 10.5 Å². The van der Waals surface area contributed by atoms with Crippen molar-refractivity contribution in [2.24, 2.45) is 0 Å². The van der Waals surface area contributed by atoms with Gasteiger partial charge in [-0.2, -0.15) is 0 Å². The maximum absolute atomic E-state index is 10.3. The summed E-state index contributed by atoms with van der Waals surface area (Å²) in [6.45, 7) is 0. The van der Waals surface area contributed by atoms with Crippen molar-refractivity contribution < 1.29 is 10.1 Å². The van der Waals surface area contributed by atoms with E-state index in [2.05, 4.69) is 31.2 Å². The first-order chi connectivity index (χ1) is 8.97. The molecule has 0 unspecified atom stereocenters. The summed E-state index contributed by atoms with van der Waals surface area (Å²) in [7, 11) is 0. The minimum Gasteiger partial charge on any atom is -0.382 e. The van der Waals surface area contributed by atoms with Crippen molar-refractivity contribution in [3.63, 3.8) is 0 Å². The SMILES string of the molecule is Nc1nc([N-][N+](=O)[O-])nn1-c1nncn1[N-][N+](=O)[O-]. The third kappa shape index (κ3) is 2.43. The number of nitrogen functional groups attached to an aromatic ring is 1. The molecular formula is C4H3N11O4-2. The van der Waals surface area contributed by atoms with Crippen LogP contribution in [0.1, 0.15) is 0 Å². The number of aromatic nitrogens is 6. The first-order valence-electron chi connectivity index (χ1n) is 4.32. The molecule has 0 bridgehead atoms. The number of nitro groups is 2. The first-order valence-corrected chi connectivity index (χ1v) is 4.32. The van der Waals surface area contributed by atoms with Crippen LogP contribution in [-0.2, 0) is 0 Å². The second kappa shape index (κ2) is 4.39. The van der Waals surface area contributed by atoms with Gasteiger partial charge in [-0.05, 0) is 0 Å². The van der Waals surface area contributed by atoms with Crippen LogP contribution >= 0.6 is 0 Å². The van der Waals surface area contributed by atoms with Crippen LogP contribution in [0.15, 0.2) is 6.33 Å². The van der Waals surface area contributed by atoms with E-state index in [9.17, 15) is 20.2 Å². The summed E-state index contributed by atoms with van der Waals surface area (Å²) in [5, 5.41) is 28.8. The van der Waals surface area contributed by atoms with E-state index in [4.69, 9.17) is 5.73 Å². The van der Waals surface area contributed by atoms with E-state index < -0.39 is 16.0 Å². The Labute approximate surface area is 102 Å². The van der Waals surface area contributed by atoms with Crippen LogP contribution in [0.4, 0.5) is 11.9 Å². The van der Waals surface area contributed by atoms with Gasteiger partial charge >= 0.3 is 5.95 Å². The van der Waals surface area contributed by atoms with Crippen LogP contribution in [0.3, 0.4) is 0 Å². The van der Waals surface area contributed by atoms with Crippen LogP contribution in [0.2, 0.25) is 0 Å². The molecule has 0 aliphatic rings. The molecule has 0 spiro atoms. The van der Waals surface area contributed by atoms with Gasteiger partial charge in [-0.3, -0.25) is 10.6 Å². The normalized spacial score (nSPS) is 10.1. The number of hydrogen-bond donors (Lipinski definition) is 1. The van der Waals surface area contributed by atoms with Crippen molar-refractivity contribution in [1.29, 1.82) is 0 Å². The molecule has 0 aromatic carbocycles. The Kier molecular flexibility index (Phi) is 2.76. The molecular weight excluding hydrogens is 266 g/mol. The molecule has 19 heavy (non-hydrogen) atoms. The average Bonchev–Trinajstić information content (AvgIpc) is 2.83. The van der Waals surface area contributed by atoms with Gasteiger partial charge in [0.2, 0.25) is 0 Å². The highest BCUT2D eigenvalue weighted by atomic mass is 16.7. The van der Waals surface area contributed by atoms with Crippen molar-refractivity contribution >= 4 is 11.9 Å². The summed E-state index contributed by atoms with van der Waals surface area (Å²) in [5.74, 6) is -1.14. The summed E-state index contributed by atoms with van der Waals surface area (Å²) in [6, 6.07) is 0. The molecule has 2 N–H and O–H groups in total. The molecule has 2 rings (SSSR count). The molecule has 0 amide bonds. The Morgan fingerprint density at radius 1 is 1.32 bits per heavy atom. The van der Waals surface area contributed by atoms with Gasteiger partial charge in [-0.15, -0.1) is 10.1 Å². The van der Waals surface area contributed by atoms with Gasteiger partial charge in [0.25, 0.3) is 0 Å². The molecule has 0 aliphatic carbocycles. The topological polar surface area (TPSA) is 202 Å². The van der Waals surface area contributed by atoms with Crippen molar-refractivity contribution in [3.05, 3.63) is 37.5 Å². The molecule has 15 nitrogen and oxygen atoms in total. The van der Waals surface area contributed by atoms with Gasteiger partial charge in [0.1, 0.15) is 16.9 Å². The number of nitrogens with zero attached hydrogens (tertiary/aromatic N) is 10. The quantitative estimate of drug-likeness (QED) is 0.519.